The Hall–Kier alpha value is -6.54. The quantitative estimate of drug-likeness (QED) is 0.0404. The number of hydrogen-bond donors (Lipinski definition) is 6. The number of amides is 6. The van der Waals surface area contributed by atoms with E-state index >= 15 is 0 Å². The van der Waals surface area contributed by atoms with Crippen molar-refractivity contribution < 1.29 is 38.3 Å². The van der Waals surface area contributed by atoms with Crippen molar-refractivity contribution >= 4 is 85.7 Å². The Balaban J connectivity index is 0.781. The van der Waals surface area contributed by atoms with Crippen LogP contribution in [0.1, 0.15) is 128 Å². The van der Waals surface area contributed by atoms with Crippen LogP contribution >= 0.6 is 34.5 Å². The van der Waals surface area contributed by atoms with Gasteiger partial charge in [0.05, 0.1) is 44.3 Å². The Labute approximate surface area is 442 Å². The molecule has 6 aromatic rings. The van der Waals surface area contributed by atoms with Crippen molar-refractivity contribution in [2.45, 2.75) is 123 Å². The average Bonchev–Trinajstić information content (AvgIpc) is 4.18. The Morgan fingerprint density at radius 2 is 1.66 bits per heavy atom. The maximum atomic E-state index is 14.6. The lowest BCUT2D eigenvalue weighted by atomic mass is 9.85. The van der Waals surface area contributed by atoms with E-state index < -0.39 is 59.1 Å². The van der Waals surface area contributed by atoms with E-state index in [9.17, 15) is 38.3 Å². The van der Waals surface area contributed by atoms with Gasteiger partial charge in [-0.1, -0.05) is 107 Å². The van der Waals surface area contributed by atoms with Crippen LogP contribution in [0.2, 0.25) is 5.02 Å². The van der Waals surface area contributed by atoms with Crippen LogP contribution < -0.4 is 26.6 Å². The molecule has 0 bridgehead atoms. The summed E-state index contributed by atoms with van der Waals surface area (Å²) in [5, 5.41) is 26.1. The van der Waals surface area contributed by atoms with Gasteiger partial charge in [0.15, 0.2) is 0 Å². The van der Waals surface area contributed by atoms with Gasteiger partial charge in [-0.15, -0.1) is 11.3 Å². The van der Waals surface area contributed by atoms with Crippen LogP contribution in [0, 0.1) is 18.2 Å². The molecule has 2 aliphatic heterocycles. The summed E-state index contributed by atoms with van der Waals surface area (Å²) in [6.45, 7) is 7.93. The topological polar surface area (TPSA) is 217 Å². The summed E-state index contributed by atoms with van der Waals surface area (Å²) in [4.78, 5) is 88.3. The fourth-order valence-electron chi connectivity index (χ4n) is 9.54. The lowest BCUT2D eigenvalue weighted by Gasteiger charge is -2.35. The predicted octanol–water partition coefficient (Wildman–Crippen LogP) is 8.45. The maximum absolute atomic E-state index is 14.6. The molecule has 3 aromatic carbocycles. The van der Waals surface area contributed by atoms with Gasteiger partial charge in [-0.2, -0.15) is 4.37 Å². The van der Waals surface area contributed by atoms with Crippen LogP contribution in [0.15, 0.2) is 78.3 Å². The average molecular weight is 1070 g/mol. The van der Waals surface area contributed by atoms with E-state index in [0.29, 0.717) is 30.5 Å². The number of aliphatic hydroxyl groups excluding tert-OH is 1. The highest BCUT2D eigenvalue weighted by atomic mass is 35.5. The second-order valence-corrected chi connectivity index (χ2v) is 22.1. The van der Waals surface area contributed by atoms with Crippen molar-refractivity contribution in [1.82, 2.24) is 40.1 Å². The molecule has 0 aliphatic carbocycles. The molecule has 0 spiro atoms. The second kappa shape index (κ2) is 23.8. The third-order valence-corrected chi connectivity index (χ3v) is 15.6. The van der Waals surface area contributed by atoms with E-state index in [1.165, 1.54) is 45.3 Å². The van der Waals surface area contributed by atoms with E-state index in [1.807, 2.05) is 75.7 Å². The molecule has 6 N–H and O–H groups in total. The number of aryl methyl sites for hydroxylation is 1. The number of anilines is 1. The summed E-state index contributed by atoms with van der Waals surface area (Å²) in [5.41, 5.74) is 5.26. The smallest absolute Gasteiger partial charge is 0.276 e. The largest absolute Gasteiger partial charge is 0.391 e. The number of nitrogens with zero attached hydrogens (tertiary/aromatic N) is 4. The van der Waals surface area contributed by atoms with Gasteiger partial charge in [0, 0.05) is 48.4 Å². The van der Waals surface area contributed by atoms with Crippen molar-refractivity contribution in [2.75, 3.05) is 18.4 Å². The Kier molecular flexibility index (Phi) is 17.3. The van der Waals surface area contributed by atoms with Gasteiger partial charge < -0.3 is 41.2 Å². The molecule has 3 aromatic heterocycles. The summed E-state index contributed by atoms with van der Waals surface area (Å²) in [7, 11) is 0. The lowest BCUT2D eigenvalue weighted by molar-refractivity contribution is -0.144. The molecule has 0 saturated carbocycles. The highest BCUT2D eigenvalue weighted by Crippen LogP contribution is 2.38. The predicted molar refractivity (Wildman–Crippen MR) is 284 cm³/mol. The van der Waals surface area contributed by atoms with Crippen molar-refractivity contribution in [1.29, 1.82) is 0 Å². The van der Waals surface area contributed by atoms with Crippen LogP contribution in [-0.2, 0) is 32.3 Å². The molecule has 20 heteroatoms. The summed E-state index contributed by atoms with van der Waals surface area (Å²) < 4.78 is 21.3. The van der Waals surface area contributed by atoms with E-state index in [0.717, 1.165) is 58.5 Å². The molecule has 8 rings (SSSR count). The first-order valence-electron chi connectivity index (χ1n) is 24.9. The molecule has 4 atom stereocenters. The van der Waals surface area contributed by atoms with Gasteiger partial charge in [-0.25, -0.2) is 9.37 Å². The number of rotatable bonds is 20. The fourth-order valence-corrected chi connectivity index (χ4v) is 11.4. The summed E-state index contributed by atoms with van der Waals surface area (Å²) >= 11 is 9.29. The molecule has 16 nitrogen and oxygen atoms in total. The third-order valence-electron chi connectivity index (χ3n) is 13.4. The standard InChI is InChI=1S/C54H61ClFN9O7S2/c1-31-48(73-30-59-31)33-19-17-32(18-20-33)27-58-51(70)40-25-35(66)28-65(40)53(72)49(54(2,3)4)62-43(67)16-10-8-6-5-7-9-13-23-57-50(69)41-26-39(60-52(71)46-36-14-11-12-15-42(36)74-63-46)47-45(61-44(68)29-64(41)47)37-24-34(56)21-22-38(37)55/h11-12,14-15,17-22,24,26,30,35,40,45,49,66H,5-10,13,16,23,25,27-29H2,1-4H3,(H,57,69)(H,58,70)(H,60,71)(H,61,68)(H,62,67)/t35-,40+,45-,49?/m1/s1. The first-order chi connectivity index (χ1) is 35.5. The summed E-state index contributed by atoms with van der Waals surface area (Å²) in [6.07, 6.45) is 5.11. The molecule has 6 amide bonds. The number of likely N-dealkylation sites (tertiary alicyclic amines) is 1. The van der Waals surface area contributed by atoms with Crippen molar-refractivity contribution in [2.24, 2.45) is 5.41 Å². The van der Waals surface area contributed by atoms with E-state index in [1.54, 1.807) is 17.4 Å². The molecule has 390 valence electrons. The monoisotopic (exact) mass is 1070 g/mol. The highest BCUT2D eigenvalue weighted by molar-refractivity contribution is 7.13. The van der Waals surface area contributed by atoms with Crippen LogP contribution in [0.3, 0.4) is 0 Å². The third kappa shape index (κ3) is 12.7. The number of aliphatic hydroxyl groups is 1. The number of thiazole rings is 1. The minimum absolute atomic E-state index is 0.00579. The molecule has 1 fully saturated rings. The van der Waals surface area contributed by atoms with Crippen molar-refractivity contribution in [3.63, 3.8) is 0 Å². The Morgan fingerprint density at radius 1 is 0.932 bits per heavy atom. The summed E-state index contributed by atoms with van der Waals surface area (Å²) in [6, 6.07) is 17.8. The van der Waals surface area contributed by atoms with Crippen LogP contribution in [0.25, 0.3) is 20.5 Å². The summed E-state index contributed by atoms with van der Waals surface area (Å²) in [5.74, 6) is -2.98. The number of benzene rings is 3. The Morgan fingerprint density at radius 3 is 2.39 bits per heavy atom. The van der Waals surface area contributed by atoms with Crippen LogP contribution in [0.4, 0.5) is 10.1 Å². The van der Waals surface area contributed by atoms with Gasteiger partial charge in [-0.05, 0) is 78.2 Å². The Bertz CT molecular complexity index is 3040. The number of carbonyl (C=O) groups excluding carboxylic acids is 6. The van der Waals surface area contributed by atoms with Gasteiger partial charge in [0.1, 0.15) is 35.8 Å². The molecule has 0 radical (unpaired) electrons. The van der Waals surface area contributed by atoms with Gasteiger partial charge in [-0.3, -0.25) is 28.8 Å². The maximum Gasteiger partial charge on any atom is 0.276 e. The SMILES string of the molecule is Cc1ncsc1-c1ccc(CNC(=O)[C@@H]2C[C@@H](O)CN2C(=O)C(NC(=O)CCCCCCCCCNC(=O)c2cc(NC(=O)c3nsc4ccccc34)c3n2CC(=O)N[C@@H]3c2cc(F)ccc2Cl)C(C)(C)C)cc1. The van der Waals surface area contributed by atoms with Crippen molar-refractivity contribution in [3.8, 4) is 10.4 Å². The number of carbonyl (C=O) groups is 6. The fraction of sp³-hybridized carbons (Fsp3) is 0.407. The minimum Gasteiger partial charge on any atom is -0.391 e. The number of halogens is 2. The molecule has 74 heavy (non-hydrogen) atoms. The zero-order valence-corrected chi connectivity index (χ0v) is 44.2. The molecular formula is C54H61ClFN9O7S2. The van der Waals surface area contributed by atoms with E-state index in [4.69, 9.17) is 11.6 Å². The van der Waals surface area contributed by atoms with Crippen LogP contribution in [0.5, 0.6) is 0 Å². The molecule has 1 unspecified atom stereocenters. The molecule has 2 aliphatic rings. The second-order valence-electron chi connectivity index (χ2n) is 20.0. The van der Waals surface area contributed by atoms with E-state index in [2.05, 4.69) is 35.9 Å². The number of β-amino-alcohol motifs (C(OH)–C–C–N with tert-alkyl or cyclic N) is 1. The highest BCUT2D eigenvalue weighted by Gasteiger charge is 2.44. The number of unbranched alkanes of at least 4 members (excludes halogenated alkanes) is 6. The van der Waals surface area contributed by atoms with Crippen LogP contribution in [-0.4, -0.2) is 90.7 Å². The minimum atomic E-state index is -0.978. The van der Waals surface area contributed by atoms with Crippen molar-refractivity contribution in [3.05, 3.63) is 123 Å². The number of hydrogen-bond acceptors (Lipinski definition) is 11. The molecule has 1 saturated heterocycles. The molecule has 5 heterocycles. The zero-order chi connectivity index (χ0) is 52.7. The number of fused-ring (bicyclic) bond motifs is 2. The van der Waals surface area contributed by atoms with Gasteiger partial charge >= 0.3 is 0 Å². The van der Waals surface area contributed by atoms with E-state index in [-0.39, 0.29) is 72.0 Å². The first kappa shape index (κ1) is 53.7. The number of aromatic nitrogens is 3. The normalized spacial score (nSPS) is 16.9. The lowest BCUT2D eigenvalue weighted by Crippen LogP contribution is -2.57. The van der Waals surface area contributed by atoms with Gasteiger partial charge in [0.2, 0.25) is 23.6 Å². The van der Waals surface area contributed by atoms with Gasteiger partial charge in [0.25, 0.3) is 11.8 Å². The zero-order valence-electron chi connectivity index (χ0n) is 41.8. The number of nitrogens with one attached hydrogen (secondary N) is 5. The first-order valence-corrected chi connectivity index (χ1v) is 27.0. The molecular weight excluding hydrogens is 1010 g/mol.